The molecule has 0 rings (SSSR count). The Hall–Kier alpha value is -0.570. The molecule has 1 atom stereocenters. The van der Waals surface area contributed by atoms with Crippen LogP contribution in [0.1, 0.15) is 40.5 Å². The van der Waals surface area contributed by atoms with Crippen molar-refractivity contribution in [2.45, 2.75) is 46.6 Å². The van der Waals surface area contributed by atoms with Crippen LogP contribution in [0.2, 0.25) is 0 Å². The third kappa shape index (κ3) is 7.37. The number of carbonyl (C=O) groups excluding carboxylic acids is 1. The van der Waals surface area contributed by atoms with E-state index in [1.54, 1.807) is 0 Å². The van der Waals surface area contributed by atoms with E-state index in [4.69, 9.17) is 4.74 Å². The molecule has 3 nitrogen and oxygen atoms in total. The first kappa shape index (κ1) is 14.4. The Morgan fingerprint density at radius 1 is 1.20 bits per heavy atom. The first-order chi connectivity index (χ1) is 6.97. The SMILES string of the molecule is COC(=O)C(CC(C)C)NCCC(C)C. The van der Waals surface area contributed by atoms with Gasteiger partial charge in [-0.3, -0.25) is 4.79 Å². The lowest BCUT2D eigenvalue weighted by Crippen LogP contribution is -2.39. The maximum Gasteiger partial charge on any atom is 0.322 e. The van der Waals surface area contributed by atoms with Crippen LogP contribution in [0.5, 0.6) is 0 Å². The van der Waals surface area contributed by atoms with E-state index in [0.717, 1.165) is 19.4 Å². The van der Waals surface area contributed by atoms with Gasteiger partial charge in [0.2, 0.25) is 0 Å². The van der Waals surface area contributed by atoms with Gasteiger partial charge in [0.05, 0.1) is 7.11 Å². The van der Waals surface area contributed by atoms with Crippen molar-refractivity contribution in [2.24, 2.45) is 11.8 Å². The highest BCUT2D eigenvalue weighted by atomic mass is 16.5. The van der Waals surface area contributed by atoms with Crippen LogP contribution in [0.25, 0.3) is 0 Å². The highest BCUT2D eigenvalue weighted by Crippen LogP contribution is 2.07. The third-order valence-electron chi connectivity index (χ3n) is 2.31. The number of rotatable bonds is 7. The number of hydrogen-bond donors (Lipinski definition) is 1. The van der Waals surface area contributed by atoms with Gasteiger partial charge in [-0.15, -0.1) is 0 Å². The van der Waals surface area contributed by atoms with E-state index < -0.39 is 0 Å². The molecular weight excluding hydrogens is 190 g/mol. The zero-order chi connectivity index (χ0) is 11.8. The molecule has 0 aromatic rings. The van der Waals surface area contributed by atoms with E-state index in [9.17, 15) is 4.79 Å². The Balaban J connectivity index is 3.96. The molecular formula is C12H25NO2. The Labute approximate surface area is 93.6 Å². The highest BCUT2D eigenvalue weighted by molar-refractivity contribution is 5.75. The molecule has 0 aliphatic heterocycles. The Kier molecular flexibility index (Phi) is 7.39. The van der Waals surface area contributed by atoms with Crippen molar-refractivity contribution in [3.8, 4) is 0 Å². The third-order valence-corrected chi connectivity index (χ3v) is 2.31. The van der Waals surface area contributed by atoms with Crippen molar-refractivity contribution in [2.75, 3.05) is 13.7 Å². The normalized spacial score (nSPS) is 13.3. The highest BCUT2D eigenvalue weighted by Gasteiger charge is 2.19. The van der Waals surface area contributed by atoms with Crippen LogP contribution in [-0.4, -0.2) is 25.7 Å². The molecule has 0 fully saturated rings. The van der Waals surface area contributed by atoms with Gasteiger partial charge < -0.3 is 10.1 Å². The lowest BCUT2D eigenvalue weighted by molar-refractivity contribution is -0.143. The Morgan fingerprint density at radius 2 is 1.80 bits per heavy atom. The van der Waals surface area contributed by atoms with Gasteiger partial charge in [0.15, 0.2) is 0 Å². The molecule has 1 N–H and O–H groups in total. The van der Waals surface area contributed by atoms with Gasteiger partial charge in [-0.2, -0.15) is 0 Å². The monoisotopic (exact) mass is 215 g/mol. The summed E-state index contributed by atoms with van der Waals surface area (Å²) in [7, 11) is 1.44. The summed E-state index contributed by atoms with van der Waals surface area (Å²) in [6.45, 7) is 9.46. The summed E-state index contributed by atoms with van der Waals surface area (Å²) in [5.41, 5.74) is 0. The first-order valence-electron chi connectivity index (χ1n) is 5.78. The minimum absolute atomic E-state index is 0.145. The van der Waals surface area contributed by atoms with Crippen molar-refractivity contribution in [1.82, 2.24) is 5.32 Å². The van der Waals surface area contributed by atoms with Crippen LogP contribution in [0.15, 0.2) is 0 Å². The van der Waals surface area contributed by atoms with Crippen LogP contribution >= 0.6 is 0 Å². The molecule has 0 aromatic heterocycles. The smallest absolute Gasteiger partial charge is 0.322 e. The molecule has 90 valence electrons. The summed E-state index contributed by atoms with van der Waals surface area (Å²) in [6.07, 6.45) is 1.93. The lowest BCUT2D eigenvalue weighted by Gasteiger charge is -2.18. The second-order valence-electron chi connectivity index (χ2n) is 4.84. The number of methoxy groups -OCH3 is 1. The standard InChI is InChI=1S/C12H25NO2/c1-9(2)6-7-13-11(8-10(3)4)12(14)15-5/h9-11,13H,6-8H2,1-5H3. The van der Waals surface area contributed by atoms with E-state index >= 15 is 0 Å². The second kappa shape index (κ2) is 7.69. The predicted octanol–water partition coefficient (Wildman–Crippen LogP) is 2.21. The molecule has 3 heteroatoms. The predicted molar refractivity (Wildman–Crippen MR) is 62.7 cm³/mol. The summed E-state index contributed by atoms with van der Waals surface area (Å²) in [6, 6.07) is -0.145. The number of nitrogens with one attached hydrogen (secondary N) is 1. The zero-order valence-corrected chi connectivity index (χ0v) is 10.7. The molecule has 0 radical (unpaired) electrons. The maximum atomic E-state index is 11.4. The number of carbonyl (C=O) groups is 1. The summed E-state index contributed by atoms with van der Waals surface area (Å²) >= 11 is 0. The molecule has 0 saturated carbocycles. The van der Waals surface area contributed by atoms with Crippen LogP contribution in [0, 0.1) is 11.8 Å². The van der Waals surface area contributed by atoms with E-state index in [2.05, 4.69) is 33.0 Å². The van der Waals surface area contributed by atoms with Crippen LogP contribution < -0.4 is 5.32 Å². The van der Waals surface area contributed by atoms with E-state index in [1.165, 1.54) is 7.11 Å². The fourth-order valence-corrected chi connectivity index (χ4v) is 1.42. The lowest BCUT2D eigenvalue weighted by atomic mass is 10.0. The average molecular weight is 215 g/mol. The van der Waals surface area contributed by atoms with Gasteiger partial charge in [0, 0.05) is 0 Å². The summed E-state index contributed by atoms with van der Waals surface area (Å²) in [5, 5.41) is 3.26. The van der Waals surface area contributed by atoms with Crippen molar-refractivity contribution in [3.05, 3.63) is 0 Å². The number of ether oxygens (including phenoxy) is 1. The summed E-state index contributed by atoms with van der Waals surface area (Å²) in [4.78, 5) is 11.4. The molecule has 0 heterocycles. The van der Waals surface area contributed by atoms with Gasteiger partial charge in [-0.1, -0.05) is 27.7 Å². The zero-order valence-electron chi connectivity index (χ0n) is 10.7. The van der Waals surface area contributed by atoms with Crippen molar-refractivity contribution in [1.29, 1.82) is 0 Å². The van der Waals surface area contributed by atoms with Crippen LogP contribution in [0.3, 0.4) is 0 Å². The molecule has 0 spiro atoms. The summed E-state index contributed by atoms with van der Waals surface area (Å²) in [5.74, 6) is 1.02. The number of esters is 1. The Bertz CT molecular complexity index is 178. The van der Waals surface area contributed by atoms with Gasteiger partial charge in [-0.05, 0) is 31.2 Å². The van der Waals surface area contributed by atoms with Crippen molar-refractivity contribution >= 4 is 5.97 Å². The minimum Gasteiger partial charge on any atom is -0.468 e. The molecule has 0 amide bonds. The molecule has 15 heavy (non-hydrogen) atoms. The number of hydrogen-bond acceptors (Lipinski definition) is 3. The fraction of sp³-hybridized carbons (Fsp3) is 0.917. The van der Waals surface area contributed by atoms with E-state index in [-0.39, 0.29) is 12.0 Å². The van der Waals surface area contributed by atoms with Crippen molar-refractivity contribution < 1.29 is 9.53 Å². The van der Waals surface area contributed by atoms with Gasteiger partial charge in [0.1, 0.15) is 6.04 Å². The van der Waals surface area contributed by atoms with E-state index in [1.807, 2.05) is 0 Å². The molecule has 0 saturated heterocycles. The molecule has 1 unspecified atom stereocenters. The van der Waals surface area contributed by atoms with Crippen LogP contribution in [0.4, 0.5) is 0 Å². The topological polar surface area (TPSA) is 38.3 Å². The minimum atomic E-state index is -0.146. The molecule has 0 aromatic carbocycles. The maximum absolute atomic E-state index is 11.4. The molecule has 0 aliphatic rings. The van der Waals surface area contributed by atoms with Crippen molar-refractivity contribution in [3.63, 3.8) is 0 Å². The van der Waals surface area contributed by atoms with Gasteiger partial charge >= 0.3 is 5.97 Å². The Morgan fingerprint density at radius 3 is 2.20 bits per heavy atom. The second-order valence-corrected chi connectivity index (χ2v) is 4.84. The van der Waals surface area contributed by atoms with Gasteiger partial charge in [-0.25, -0.2) is 0 Å². The largest absolute Gasteiger partial charge is 0.468 e. The molecule has 0 aliphatic carbocycles. The molecule has 0 bridgehead atoms. The van der Waals surface area contributed by atoms with Gasteiger partial charge in [0.25, 0.3) is 0 Å². The fourth-order valence-electron chi connectivity index (χ4n) is 1.42. The average Bonchev–Trinajstić information content (AvgIpc) is 2.14. The first-order valence-corrected chi connectivity index (χ1v) is 5.78. The van der Waals surface area contributed by atoms with Crippen LogP contribution in [-0.2, 0) is 9.53 Å². The quantitative estimate of drug-likeness (QED) is 0.662. The van der Waals surface area contributed by atoms with E-state index in [0.29, 0.717) is 11.8 Å². The summed E-state index contributed by atoms with van der Waals surface area (Å²) < 4.78 is 4.77.